The molecule has 1 aliphatic heterocycles. The van der Waals surface area contributed by atoms with Crippen molar-refractivity contribution in [2.45, 2.75) is 31.6 Å². The van der Waals surface area contributed by atoms with Gasteiger partial charge in [-0.3, -0.25) is 9.13 Å². The van der Waals surface area contributed by atoms with E-state index in [9.17, 15) is 9.36 Å². The zero-order valence-corrected chi connectivity index (χ0v) is 14.9. The van der Waals surface area contributed by atoms with Crippen LogP contribution in [0.5, 0.6) is 0 Å². The zero-order chi connectivity index (χ0) is 17.1. The molecule has 0 amide bonds. The van der Waals surface area contributed by atoms with Gasteiger partial charge in [0.05, 0.1) is 5.88 Å². The number of hydrogen-bond acceptors (Lipinski definition) is 6. The SMILES string of the molecule is COP(=O)(/C=C/[C@]1(CCl)CC[C@H](n2ccc(C)nc2=O)O1)OC. The molecule has 0 radical (unpaired) electrons. The summed E-state index contributed by atoms with van der Waals surface area (Å²) >= 11 is 6.05. The van der Waals surface area contributed by atoms with Crippen molar-refractivity contribution in [3.8, 4) is 0 Å². The number of aryl methyl sites for hydroxylation is 1. The van der Waals surface area contributed by atoms with Crippen LogP contribution in [0.4, 0.5) is 0 Å². The number of alkyl halides is 1. The molecule has 1 fully saturated rings. The fraction of sp³-hybridized carbons (Fsp3) is 0.571. The van der Waals surface area contributed by atoms with Gasteiger partial charge in [-0.2, -0.15) is 4.98 Å². The average Bonchev–Trinajstić information content (AvgIpc) is 2.97. The van der Waals surface area contributed by atoms with E-state index < -0.39 is 19.4 Å². The number of halogens is 1. The van der Waals surface area contributed by atoms with E-state index in [1.54, 1.807) is 25.3 Å². The van der Waals surface area contributed by atoms with Crippen molar-refractivity contribution >= 4 is 19.2 Å². The highest BCUT2D eigenvalue weighted by molar-refractivity contribution is 7.57. The van der Waals surface area contributed by atoms with Gasteiger partial charge in [0.15, 0.2) is 0 Å². The fourth-order valence-corrected chi connectivity index (χ4v) is 3.49. The first-order valence-corrected chi connectivity index (χ1v) is 9.23. The Hall–Kier alpha value is -0.980. The fourth-order valence-electron chi connectivity index (χ4n) is 2.36. The first-order valence-electron chi connectivity index (χ1n) is 7.08. The molecule has 0 saturated carbocycles. The lowest BCUT2D eigenvalue weighted by molar-refractivity contribution is -0.0329. The van der Waals surface area contributed by atoms with Gasteiger partial charge in [0, 0.05) is 31.9 Å². The minimum absolute atomic E-state index is 0.154. The second-order valence-electron chi connectivity index (χ2n) is 5.29. The maximum absolute atomic E-state index is 12.1. The molecule has 0 N–H and O–H groups in total. The van der Waals surface area contributed by atoms with E-state index in [1.165, 1.54) is 24.6 Å². The number of ether oxygens (including phenoxy) is 1. The van der Waals surface area contributed by atoms with Gasteiger partial charge < -0.3 is 13.8 Å². The molecule has 2 atom stereocenters. The van der Waals surface area contributed by atoms with Gasteiger partial charge in [0.1, 0.15) is 11.8 Å². The summed E-state index contributed by atoms with van der Waals surface area (Å²) in [6.45, 7) is 1.75. The third-order valence-electron chi connectivity index (χ3n) is 3.76. The summed E-state index contributed by atoms with van der Waals surface area (Å²) in [6.07, 6.45) is 3.94. The van der Waals surface area contributed by atoms with Gasteiger partial charge >= 0.3 is 13.3 Å². The summed E-state index contributed by atoms with van der Waals surface area (Å²) in [4.78, 5) is 15.9. The van der Waals surface area contributed by atoms with Gasteiger partial charge in [-0.15, -0.1) is 11.6 Å². The number of hydrogen-bond donors (Lipinski definition) is 0. The Morgan fingerprint density at radius 3 is 2.83 bits per heavy atom. The van der Waals surface area contributed by atoms with Crippen LogP contribution in [-0.2, 0) is 18.3 Å². The van der Waals surface area contributed by atoms with Crippen LogP contribution in [0.3, 0.4) is 0 Å². The molecule has 2 heterocycles. The predicted octanol–water partition coefficient (Wildman–Crippen LogP) is 2.84. The highest BCUT2D eigenvalue weighted by Gasteiger charge is 2.39. The highest BCUT2D eigenvalue weighted by Crippen LogP contribution is 2.49. The van der Waals surface area contributed by atoms with Crippen LogP contribution in [-0.4, -0.2) is 35.3 Å². The van der Waals surface area contributed by atoms with Crippen molar-refractivity contribution in [2.24, 2.45) is 0 Å². The van der Waals surface area contributed by atoms with Crippen molar-refractivity contribution in [3.05, 3.63) is 40.3 Å². The molecule has 9 heteroatoms. The molecule has 1 aromatic heterocycles. The molecule has 0 aromatic carbocycles. The molecule has 0 aliphatic carbocycles. The standard InChI is InChI=1S/C14H20ClN2O5P/c1-11-5-8-17(13(18)16-11)12-4-6-14(10-15,22-12)7-9-23(19,20-2)21-3/h5,7-9,12H,4,6,10H2,1-3H3/b9-7+/t12-,14+/m1/s1. The van der Waals surface area contributed by atoms with Crippen molar-refractivity contribution in [3.63, 3.8) is 0 Å². The maximum Gasteiger partial charge on any atom is 0.353 e. The summed E-state index contributed by atoms with van der Waals surface area (Å²) in [5.74, 6) is 1.50. The van der Waals surface area contributed by atoms with Crippen molar-refractivity contribution in [2.75, 3.05) is 20.1 Å². The monoisotopic (exact) mass is 362 g/mol. The van der Waals surface area contributed by atoms with Gasteiger partial charge in [-0.1, -0.05) is 0 Å². The molecular formula is C14H20ClN2O5P. The molecule has 128 valence electrons. The molecule has 0 unspecified atom stereocenters. The molecule has 0 spiro atoms. The summed E-state index contributed by atoms with van der Waals surface area (Å²) in [5, 5.41) is 0. The third kappa shape index (κ3) is 4.11. The summed E-state index contributed by atoms with van der Waals surface area (Å²) in [7, 11) is -0.690. The third-order valence-corrected chi connectivity index (χ3v) is 5.75. The largest absolute Gasteiger partial charge is 0.353 e. The number of rotatable bonds is 6. The molecule has 7 nitrogen and oxygen atoms in total. The summed E-state index contributed by atoms with van der Waals surface area (Å²) in [5.41, 5.74) is -0.554. The normalized spacial score (nSPS) is 25.3. The second kappa shape index (κ2) is 7.28. The smallest absolute Gasteiger partial charge is 0.346 e. The summed E-state index contributed by atoms with van der Waals surface area (Å²) < 4.78 is 29.2. The van der Waals surface area contributed by atoms with Gasteiger partial charge in [0.25, 0.3) is 0 Å². The van der Waals surface area contributed by atoms with Crippen LogP contribution in [0.1, 0.15) is 24.8 Å². The van der Waals surface area contributed by atoms with Crippen LogP contribution < -0.4 is 5.69 Å². The summed E-state index contributed by atoms with van der Waals surface area (Å²) in [6, 6.07) is 1.74. The Bertz CT molecular complexity index is 684. The molecule has 23 heavy (non-hydrogen) atoms. The van der Waals surface area contributed by atoms with Gasteiger partial charge in [-0.05, 0) is 31.9 Å². The van der Waals surface area contributed by atoms with Crippen LogP contribution >= 0.6 is 19.2 Å². The van der Waals surface area contributed by atoms with E-state index in [1.807, 2.05) is 0 Å². The van der Waals surface area contributed by atoms with E-state index in [2.05, 4.69) is 4.98 Å². The minimum Gasteiger partial charge on any atom is -0.346 e. The Morgan fingerprint density at radius 2 is 2.26 bits per heavy atom. The molecule has 0 bridgehead atoms. The number of nitrogens with zero attached hydrogens (tertiary/aromatic N) is 2. The van der Waals surface area contributed by atoms with E-state index >= 15 is 0 Å². The van der Waals surface area contributed by atoms with Crippen molar-refractivity contribution < 1.29 is 18.3 Å². The Morgan fingerprint density at radius 1 is 1.57 bits per heavy atom. The average molecular weight is 363 g/mol. The first-order chi connectivity index (χ1) is 10.9. The van der Waals surface area contributed by atoms with E-state index in [4.69, 9.17) is 25.4 Å². The first kappa shape index (κ1) is 18.4. The second-order valence-corrected chi connectivity index (χ2v) is 7.66. The van der Waals surface area contributed by atoms with Gasteiger partial charge in [0.2, 0.25) is 0 Å². The lowest BCUT2D eigenvalue weighted by Gasteiger charge is -2.24. The quantitative estimate of drug-likeness (QED) is 0.572. The van der Waals surface area contributed by atoms with Crippen molar-refractivity contribution in [1.29, 1.82) is 0 Å². The maximum atomic E-state index is 12.1. The van der Waals surface area contributed by atoms with Crippen LogP contribution in [0.15, 0.2) is 29.0 Å². The van der Waals surface area contributed by atoms with Crippen LogP contribution in [0.25, 0.3) is 0 Å². The molecule has 2 rings (SSSR count). The number of aromatic nitrogens is 2. The molecule has 1 saturated heterocycles. The van der Waals surface area contributed by atoms with E-state index in [0.29, 0.717) is 18.5 Å². The van der Waals surface area contributed by atoms with Crippen LogP contribution in [0, 0.1) is 6.92 Å². The lowest BCUT2D eigenvalue weighted by atomic mass is 10.0. The van der Waals surface area contributed by atoms with Crippen LogP contribution in [0.2, 0.25) is 0 Å². The predicted molar refractivity (Wildman–Crippen MR) is 86.8 cm³/mol. The van der Waals surface area contributed by atoms with Crippen molar-refractivity contribution in [1.82, 2.24) is 9.55 Å². The Labute approximate surface area is 139 Å². The Kier molecular flexibility index (Phi) is 5.81. The lowest BCUT2D eigenvalue weighted by Crippen LogP contribution is -2.31. The zero-order valence-electron chi connectivity index (χ0n) is 13.3. The van der Waals surface area contributed by atoms with E-state index in [-0.39, 0.29) is 11.6 Å². The van der Waals surface area contributed by atoms with E-state index in [0.717, 1.165) is 0 Å². The Balaban J connectivity index is 2.22. The molecular weight excluding hydrogens is 343 g/mol. The topological polar surface area (TPSA) is 79.7 Å². The van der Waals surface area contributed by atoms with Gasteiger partial charge in [-0.25, -0.2) is 4.79 Å². The molecule has 1 aliphatic rings. The highest BCUT2D eigenvalue weighted by atomic mass is 35.5. The minimum atomic E-state index is -3.30. The molecule has 1 aromatic rings.